The van der Waals surface area contributed by atoms with Crippen LogP contribution in [-0.2, 0) is 12.8 Å². The first kappa shape index (κ1) is 13.8. The third kappa shape index (κ3) is 1.99. The van der Waals surface area contributed by atoms with Crippen molar-refractivity contribution >= 4 is 21.5 Å². The molecule has 5 rings (SSSR count). The summed E-state index contributed by atoms with van der Waals surface area (Å²) in [6.07, 6.45) is 3.43. The number of aryl methyl sites for hydroxylation is 1. The first-order valence-corrected chi connectivity index (χ1v) is 8.90. The quantitative estimate of drug-likeness (QED) is 0.326. The molecule has 0 heteroatoms. The minimum atomic E-state index is 1.06. The van der Waals surface area contributed by atoms with E-state index >= 15 is 0 Å². The fourth-order valence-corrected chi connectivity index (χ4v) is 4.18. The molecule has 0 N–H and O–H groups in total. The fraction of sp³-hybridized carbons (Fsp3) is 0.167. The molecule has 4 aromatic rings. The van der Waals surface area contributed by atoms with Crippen molar-refractivity contribution in [1.29, 1.82) is 0 Å². The Kier molecular flexibility index (Phi) is 2.99. The molecule has 24 heavy (non-hydrogen) atoms. The van der Waals surface area contributed by atoms with Gasteiger partial charge in [-0.05, 0) is 74.3 Å². The smallest absolute Gasteiger partial charge is 0.000728 e. The van der Waals surface area contributed by atoms with Crippen LogP contribution in [0.5, 0.6) is 0 Å². The molecule has 0 radical (unpaired) electrons. The molecule has 116 valence electrons. The van der Waals surface area contributed by atoms with E-state index in [1.807, 2.05) is 0 Å². The SMILES string of the molecule is CCCc1ccc2c(c1)-c1ccc3cc4ccccc4cc3c1C2. The number of hydrogen-bond acceptors (Lipinski definition) is 0. The zero-order chi connectivity index (χ0) is 16.1. The van der Waals surface area contributed by atoms with E-state index in [-0.39, 0.29) is 0 Å². The van der Waals surface area contributed by atoms with Gasteiger partial charge in [-0.25, -0.2) is 0 Å². The lowest BCUT2D eigenvalue weighted by Gasteiger charge is -2.08. The molecule has 0 heterocycles. The number of hydrogen-bond donors (Lipinski definition) is 0. The second-order valence-corrected chi connectivity index (χ2v) is 6.93. The molecule has 1 aliphatic rings. The van der Waals surface area contributed by atoms with Crippen LogP contribution in [0.2, 0.25) is 0 Å². The van der Waals surface area contributed by atoms with Crippen molar-refractivity contribution in [2.75, 3.05) is 0 Å². The van der Waals surface area contributed by atoms with Crippen LogP contribution < -0.4 is 0 Å². The van der Waals surface area contributed by atoms with Gasteiger partial charge in [-0.3, -0.25) is 0 Å². The highest BCUT2D eigenvalue weighted by atomic mass is 14.2. The monoisotopic (exact) mass is 308 g/mol. The van der Waals surface area contributed by atoms with Crippen molar-refractivity contribution < 1.29 is 0 Å². The molecule has 0 spiro atoms. The maximum absolute atomic E-state index is 2.41. The third-order valence-corrected chi connectivity index (χ3v) is 5.37. The van der Waals surface area contributed by atoms with Crippen molar-refractivity contribution in [2.45, 2.75) is 26.2 Å². The van der Waals surface area contributed by atoms with E-state index in [2.05, 4.69) is 73.7 Å². The topological polar surface area (TPSA) is 0 Å². The highest BCUT2D eigenvalue weighted by Crippen LogP contribution is 2.41. The van der Waals surface area contributed by atoms with Gasteiger partial charge in [0.25, 0.3) is 0 Å². The molecule has 1 aliphatic carbocycles. The lowest BCUT2D eigenvalue weighted by molar-refractivity contribution is 0.921. The van der Waals surface area contributed by atoms with Gasteiger partial charge in [-0.2, -0.15) is 0 Å². The minimum absolute atomic E-state index is 1.06. The third-order valence-electron chi connectivity index (χ3n) is 5.37. The van der Waals surface area contributed by atoms with E-state index < -0.39 is 0 Å². The molecule has 0 saturated heterocycles. The Morgan fingerprint density at radius 1 is 0.750 bits per heavy atom. The van der Waals surface area contributed by atoms with Crippen LogP contribution in [0.1, 0.15) is 30.0 Å². The molecule has 0 bridgehead atoms. The van der Waals surface area contributed by atoms with Crippen molar-refractivity contribution in [3.8, 4) is 11.1 Å². The maximum atomic E-state index is 2.41. The zero-order valence-corrected chi connectivity index (χ0v) is 14.0. The molecule has 0 atom stereocenters. The van der Waals surface area contributed by atoms with Gasteiger partial charge in [0.05, 0.1) is 0 Å². The van der Waals surface area contributed by atoms with Crippen LogP contribution in [0, 0.1) is 0 Å². The van der Waals surface area contributed by atoms with Crippen molar-refractivity contribution in [3.05, 3.63) is 83.4 Å². The Morgan fingerprint density at radius 2 is 1.58 bits per heavy atom. The Balaban J connectivity index is 1.76. The Morgan fingerprint density at radius 3 is 2.42 bits per heavy atom. The zero-order valence-electron chi connectivity index (χ0n) is 14.0. The van der Waals surface area contributed by atoms with Gasteiger partial charge in [0.1, 0.15) is 0 Å². The average molecular weight is 308 g/mol. The summed E-state index contributed by atoms with van der Waals surface area (Å²) in [5.41, 5.74) is 7.33. The van der Waals surface area contributed by atoms with Gasteiger partial charge in [-0.1, -0.05) is 67.9 Å². The predicted molar refractivity (Wildman–Crippen MR) is 104 cm³/mol. The lowest BCUT2D eigenvalue weighted by Crippen LogP contribution is -1.86. The van der Waals surface area contributed by atoms with E-state index in [0.29, 0.717) is 0 Å². The molecule has 4 aromatic carbocycles. The van der Waals surface area contributed by atoms with Gasteiger partial charge in [-0.15, -0.1) is 0 Å². The standard InChI is InChI=1S/C24H20/c1-2-5-16-8-9-20-15-24-21(22(20)12-16)11-10-19-13-17-6-3-4-7-18(17)14-23(19)24/h3-4,6-14H,2,5,15H2,1H3. The molecular weight excluding hydrogens is 288 g/mol. The Bertz CT molecular complexity index is 1090. The molecule has 0 aromatic heterocycles. The summed E-state index contributed by atoms with van der Waals surface area (Å²) < 4.78 is 0. The van der Waals surface area contributed by atoms with Crippen LogP contribution in [0.3, 0.4) is 0 Å². The minimum Gasteiger partial charge on any atom is -0.0651 e. The summed E-state index contributed by atoms with van der Waals surface area (Å²) in [7, 11) is 0. The van der Waals surface area contributed by atoms with Crippen LogP contribution in [0.4, 0.5) is 0 Å². The molecule has 0 fully saturated rings. The molecule has 0 aliphatic heterocycles. The molecule has 0 nitrogen and oxygen atoms in total. The van der Waals surface area contributed by atoms with Crippen LogP contribution in [0.25, 0.3) is 32.7 Å². The van der Waals surface area contributed by atoms with Crippen LogP contribution >= 0.6 is 0 Å². The summed E-state index contributed by atoms with van der Waals surface area (Å²) >= 11 is 0. The second kappa shape index (κ2) is 5.21. The highest BCUT2D eigenvalue weighted by molar-refractivity contribution is 6.03. The van der Waals surface area contributed by atoms with E-state index in [9.17, 15) is 0 Å². The number of rotatable bonds is 2. The highest BCUT2D eigenvalue weighted by Gasteiger charge is 2.20. The molecule has 0 unspecified atom stereocenters. The molecule has 0 saturated carbocycles. The number of benzene rings is 4. The van der Waals surface area contributed by atoms with Crippen molar-refractivity contribution in [2.24, 2.45) is 0 Å². The van der Waals surface area contributed by atoms with Gasteiger partial charge in [0, 0.05) is 0 Å². The Labute approximate surface area is 142 Å². The van der Waals surface area contributed by atoms with Crippen LogP contribution in [0.15, 0.2) is 66.7 Å². The first-order valence-electron chi connectivity index (χ1n) is 8.90. The number of fused-ring (bicyclic) bond motifs is 6. The summed E-state index contributed by atoms with van der Waals surface area (Å²) in [6.45, 7) is 2.25. The molecule has 0 amide bonds. The second-order valence-electron chi connectivity index (χ2n) is 6.93. The summed E-state index contributed by atoms with van der Waals surface area (Å²) in [5.74, 6) is 0. The molecular formula is C24H20. The predicted octanol–water partition coefficient (Wildman–Crippen LogP) is 6.52. The lowest BCUT2D eigenvalue weighted by atomic mass is 9.96. The fourth-order valence-electron chi connectivity index (χ4n) is 4.18. The first-order chi connectivity index (χ1) is 11.8. The summed E-state index contributed by atoms with van der Waals surface area (Å²) in [4.78, 5) is 0. The largest absolute Gasteiger partial charge is 0.0651 e. The summed E-state index contributed by atoms with van der Waals surface area (Å²) in [6, 6.07) is 25.1. The summed E-state index contributed by atoms with van der Waals surface area (Å²) in [5, 5.41) is 5.43. The maximum Gasteiger partial charge on any atom is -0.000728 e. The van der Waals surface area contributed by atoms with E-state index in [1.54, 1.807) is 0 Å². The van der Waals surface area contributed by atoms with Crippen molar-refractivity contribution in [3.63, 3.8) is 0 Å². The van der Waals surface area contributed by atoms with Crippen LogP contribution in [-0.4, -0.2) is 0 Å². The van der Waals surface area contributed by atoms with Gasteiger partial charge >= 0.3 is 0 Å². The van der Waals surface area contributed by atoms with Gasteiger partial charge in [0.2, 0.25) is 0 Å². The van der Waals surface area contributed by atoms with E-state index in [4.69, 9.17) is 0 Å². The normalized spacial score (nSPS) is 12.5. The van der Waals surface area contributed by atoms with Gasteiger partial charge in [0.15, 0.2) is 0 Å². The van der Waals surface area contributed by atoms with E-state index in [0.717, 1.165) is 6.42 Å². The average Bonchev–Trinajstić information content (AvgIpc) is 2.99. The van der Waals surface area contributed by atoms with Crippen molar-refractivity contribution in [1.82, 2.24) is 0 Å². The van der Waals surface area contributed by atoms with E-state index in [1.165, 1.54) is 62.2 Å². The van der Waals surface area contributed by atoms with Gasteiger partial charge < -0.3 is 0 Å². The Hall–Kier alpha value is -2.60.